The first-order valence-corrected chi connectivity index (χ1v) is 18.6. The Bertz CT molecular complexity index is 2370. The van der Waals surface area contributed by atoms with E-state index < -0.39 is 78.6 Å². The summed E-state index contributed by atoms with van der Waals surface area (Å²) in [7, 11) is 0. The Hall–Kier alpha value is -4.26. The number of hydrogen-bond acceptors (Lipinski definition) is 12. The predicted octanol–water partition coefficient (Wildman–Crippen LogP) is -0.642. The standard InChI is InChI=1S/2C20H28N2O6/c1-10-7-12-16-15(11(10)2)20(3,4)5-6-21(16)18(27)19(28)22(12)8-13(24)17(26)14(25)9-23;1-11(2)5-6-21-14-7-12(3)13(4)8-15(14)22(20(28)19(21)27)9-16(24)18(26)17(25)10-23/h7,13-14,17,23-26H,5-6,8-9H2,1-4H3;5,7-8,16-18,23-26H,6,9-10H2,1-4H3/t13-,14+,17-;16-,17+,18-/m00/s1. The van der Waals surface area contributed by atoms with Crippen LogP contribution in [0.3, 0.4) is 0 Å². The molecule has 16 nitrogen and oxygen atoms in total. The third-order valence-corrected chi connectivity index (χ3v) is 10.9. The van der Waals surface area contributed by atoms with Crippen LogP contribution in [-0.4, -0.2) is 109 Å². The number of benzene rings is 2. The van der Waals surface area contributed by atoms with Gasteiger partial charge in [-0.15, -0.1) is 0 Å². The number of aliphatic hydroxyl groups excluding tert-OH is 8. The summed E-state index contributed by atoms with van der Waals surface area (Å²) in [4.78, 5) is 51.0. The molecule has 0 radical (unpaired) electrons. The molecular formula is C40H56N4O12. The van der Waals surface area contributed by atoms with Crippen molar-refractivity contribution in [2.24, 2.45) is 0 Å². The lowest BCUT2D eigenvalue weighted by molar-refractivity contribution is -0.0805. The number of hydrogen-bond donors (Lipinski definition) is 8. The number of aryl methyl sites for hydroxylation is 4. The van der Waals surface area contributed by atoms with Gasteiger partial charge in [0.2, 0.25) is 0 Å². The Morgan fingerprint density at radius 2 is 1.09 bits per heavy atom. The fourth-order valence-corrected chi connectivity index (χ4v) is 7.17. The fraction of sp³-hybridized carbons (Fsp3) is 0.550. The molecule has 6 atom stereocenters. The summed E-state index contributed by atoms with van der Waals surface area (Å²) >= 11 is 0. The second kappa shape index (κ2) is 17.5. The summed E-state index contributed by atoms with van der Waals surface area (Å²) < 4.78 is 5.18. The van der Waals surface area contributed by atoms with Crippen LogP contribution in [0.25, 0.3) is 22.1 Å². The molecule has 4 aromatic rings. The van der Waals surface area contributed by atoms with Crippen LogP contribution in [0.15, 0.2) is 49.0 Å². The Kier molecular flexibility index (Phi) is 13.9. The van der Waals surface area contributed by atoms with E-state index in [9.17, 15) is 49.8 Å². The molecule has 1 aliphatic rings. The van der Waals surface area contributed by atoms with E-state index in [0.717, 1.165) is 44.4 Å². The van der Waals surface area contributed by atoms with Gasteiger partial charge in [0.05, 0.1) is 48.4 Å². The van der Waals surface area contributed by atoms with Gasteiger partial charge in [-0.05, 0) is 99.4 Å². The highest BCUT2D eigenvalue weighted by Crippen LogP contribution is 2.40. The Morgan fingerprint density at radius 3 is 1.57 bits per heavy atom. The van der Waals surface area contributed by atoms with Crippen LogP contribution >= 0.6 is 0 Å². The molecule has 0 amide bonds. The fourth-order valence-electron chi connectivity index (χ4n) is 7.17. The summed E-state index contributed by atoms with van der Waals surface area (Å²) in [6, 6.07) is 5.38. The van der Waals surface area contributed by atoms with Gasteiger partial charge in [-0.1, -0.05) is 25.5 Å². The lowest BCUT2D eigenvalue weighted by Gasteiger charge is -2.36. The van der Waals surface area contributed by atoms with Crippen molar-refractivity contribution in [3.8, 4) is 0 Å². The summed E-state index contributed by atoms with van der Waals surface area (Å²) in [5.74, 6) is 0. The van der Waals surface area contributed by atoms with E-state index in [0.29, 0.717) is 28.6 Å². The van der Waals surface area contributed by atoms with Gasteiger partial charge in [0.15, 0.2) is 0 Å². The third-order valence-electron chi connectivity index (χ3n) is 10.9. The molecule has 8 N–H and O–H groups in total. The Balaban J connectivity index is 0.000000249. The molecule has 0 saturated heterocycles. The van der Waals surface area contributed by atoms with Crippen LogP contribution in [0, 0.1) is 27.7 Å². The normalized spacial score (nSPS) is 16.8. The van der Waals surface area contributed by atoms with Crippen molar-refractivity contribution in [2.45, 2.75) is 130 Å². The van der Waals surface area contributed by atoms with E-state index >= 15 is 0 Å². The van der Waals surface area contributed by atoms with Crippen LogP contribution in [0.4, 0.5) is 0 Å². The predicted molar refractivity (Wildman–Crippen MR) is 211 cm³/mol. The maximum atomic E-state index is 12.8. The molecule has 16 heteroatoms. The second-order valence-corrected chi connectivity index (χ2v) is 15.7. The molecule has 308 valence electrons. The van der Waals surface area contributed by atoms with Crippen LogP contribution in [-0.2, 0) is 31.6 Å². The van der Waals surface area contributed by atoms with Crippen molar-refractivity contribution in [1.82, 2.24) is 18.3 Å². The van der Waals surface area contributed by atoms with E-state index in [1.54, 1.807) is 6.07 Å². The van der Waals surface area contributed by atoms with Gasteiger partial charge in [0, 0.05) is 13.1 Å². The van der Waals surface area contributed by atoms with E-state index in [1.165, 1.54) is 13.7 Å². The third kappa shape index (κ3) is 8.67. The van der Waals surface area contributed by atoms with Crippen LogP contribution < -0.4 is 22.2 Å². The minimum atomic E-state index is -1.66. The van der Waals surface area contributed by atoms with Crippen molar-refractivity contribution in [3.63, 3.8) is 0 Å². The summed E-state index contributed by atoms with van der Waals surface area (Å²) in [5, 5.41) is 77.4. The van der Waals surface area contributed by atoms with Crippen molar-refractivity contribution in [1.29, 1.82) is 0 Å². The lowest BCUT2D eigenvalue weighted by Crippen LogP contribution is -2.48. The molecule has 0 bridgehead atoms. The summed E-state index contributed by atoms with van der Waals surface area (Å²) in [5.41, 5.74) is 4.83. The van der Waals surface area contributed by atoms with Crippen LogP contribution in [0.5, 0.6) is 0 Å². The molecule has 56 heavy (non-hydrogen) atoms. The average Bonchev–Trinajstić information content (AvgIpc) is 3.15. The van der Waals surface area contributed by atoms with E-state index in [1.807, 2.05) is 59.8 Å². The van der Waals surface area contributed by atoms with Gasteiger partial charge in [-0.2, -0.15) is 0 Å². The molecule has 2 aromatic heterocycles. The lowest BCUT2D eigenvalue weighted by atomic mass is 9.75. The van der Waals surface area contributed by atoms with Gasteiger partial charge in [0.1, 0.15) is 36.6 Å². The molecule has 5 rings (SSSR count). The summed E-state index contributed by atoms with van der Waals surface area (Å²) in [6.07, 6.45) is -6.91. The first-order chi connectivity index (χ1) is 26.1. The van der Waals surface area contributed by atoms with Gasteiger partial charge in [-0.25, -0.2) is 0 Å². The van der Waals surface area contributed by atoms with E-state index in [-0.39, 0.29) is 18.5 Å². The van der Waals surface area contributed by atoms with E-state index in [2.05, 4.69) is 13.8 Å². The molecule has 3 heterocycles. The number of rotatable bonds is 12. The highest BCUT2D eigenvalue weighted by atomic mass is 16.4. The zero-order valence-corrected chi connectivity index (χ0v) is 33.2. The molecule has 0 saturated carbocycles. The van der Waals surface area contributed by atoms with Gasteiger partial charge in [0.25, 0.3) is 0 Å². The second-order valence-electron chi connectivity index (χ2n) is 15.7. The zero-order chi connectivity index (χ0) is 42.1. The minimum Gasteiger partial charge on any atom is -0.394 e. The molecular weight excluding hydrogens is 728 g/mol. The summed E-state index contributed by atoms with van der Waals surface area (Å²) in [6.45, 7) is 14.1. The van der Waals surface area contributed by atoms with Crippen LogP contribution in [0.1, 0.15) is 61.9 Å². The molecule has 0 aliphatic carbocycles. The Labute approximate surface area is 323 Å². The minimum absolute atomic E-state index is 0.186. The maximum absolute atomic E-state index is 12.8. The molecule has 0 fully saturated rings. The van der Waals surface area contributed by atoms with Crippen molar-refractivity contribution < 1.29 is 40.9 Å². The van der Waals surface area contributed by atoms with Gasteiger partial charge < -0.3 is 45.4 Å². The van der Waals surface area contributed by atoms with Crippen molar-refractivity contribution in [2.75, 3.05) is 13.2 Å². The van der Waals surface area contributed by atoms with E-state index in [4.69, 9.17) is 10.2 Å². The first-order valence-electron chi connectivity index (χ1n) is 18.6. The van der Waals surface area contributed by atoms with Gasteiger partial charge >= 0.3 is 22.2 Å². The first kappa shape index (κ1) is 44.5. The molecule has 0 spiro atoms. The van der Waals surface area contributed by atoms with Crippen molar-refractivity contribution in [3.05, 3.63) is 99.1 Å². The quantitative estimate of drug-likeness (QED) is 0.0660. The highest BCUT2D eigenvalue weighted by molar-refractivity contribution is 5.83. The molecule has 0 unspecified atom stereocenters. The number of aromatic nitrogens is 4. The number of allylic oxidation sites excluding steroid dienone is 2. The number of fused-ring (bicyclic) bond motifs is 1. The molecule has 2 aromatic carbocycles. The maximum Gasteiger partial charge on any atom is 0.317 e. The highest BCUT2D eigenvalue weighted by Gasteiger charge is 2.34. The number of aliphatic hydroxyl groups is 8. The smallest absolute Gasteiger partial charge is 0.317 e. The average molecular weight is 785 g/mol. The molecule has 1 aliphatic heterocycles. The topological polar surface area (TPSA) is 250 Å². The SMILES string of the molecule is CC(C)=CCn1c(=O)c(=O)n(C[C@H](O)[C@H](O)[C@H](O)CO)c2cc(C)c(C)cc21.Cc1cc2c3c(c1C)C(C)(C)CCn3c(=O)c(=O)n2C[C@H](O)[C@H](O)[C@H](O)CO. The largest absolute Gasteiger partial charge is 0.394 e. The monoisotopic (exact) mass is 784 g/mol. The van der Waals surface area contributed by atoms with Crippen LogP contribution in [0.2, 0.25) is 0 Å². The Morgan fingerprint density at radius 1 is 0.661 bits per heavy atom. The van der Waals surface area contributed by atoms with Gasteiger partial charge in [-0.3, -0.25) is 32.9 Å². The van der Waals surface area contributed by atoms with Crippen molar-refractivity contribution >= 4 is 22.1 Å². The zero-order valence-electron chi connectivity index (χ0n) is 33.2. The number of nitrogens with zero attached hydrogens (tertiary/aromatic N) is 4.